The fourth-order valence-electron chi connectivity index (χ4n) is 2.03. The highest BCUT2D eigenvalue weighted by Crippen LogP contribution is 2.28. The molecule has 0 radical (unpaired) electrons. The molecule has 8 heteroatoms. The first-order valence-corrected chi connectivity index (χ1v) is 7.13. The van der Waals surface area contributed by atoms with Crippen molar-refractivity contribution in [3.05, 3.63) is 62.6 Å². The van der Waals surface area contributed by atoms with Crippen molar-refractivity contribution in [1.82, 2.24) is 10.2 Å². The summed E-state index contributed by atoms with van der Waals surface area (Å²) in [5.41, 5.74) is -0.900. The lowest BCUT2D eigenvalue weighted by atomic mass is 10.2. The molecule has 6 nitrogen and oxygen atoms in total. The highest BCUT2D eigenvalue weighted by molar-refractivity contribution is 9.10. The molecule has 0 amide bonds. The van der Waals surface area contributed by atoms with Crippen LogP contribution in [0.15, 0.2) is 45.7 Å². The molecule has 116 valence electrons. The maximum absolute atomic E-state index is 13.4. The van der Waals surface area contributed by atoms with Crippen LogP contribution in [0.5, 0.6) is 11.6 Å². The molecule has 0 aliphatic carbocycles. The van der Waals surface area contributed by atoms with Gasteiger partial charge in [0.1, 0.15) is 11.6 Å². The van der Waals surface area contributed by atoms with E-state index in [9.17, 15) is 14.0 Å². The van der Waals surface area contributed by atoms with Gasteiger partial charge < -0.3 is 9.84 Å². The standard InChI is InChI=1S/C15H8BrFN2O4/c16-7-1-3-9-10(5-7)14(19-18-13(9)20)23-8-2-4-12(17)11(6-8)15(21)22/h1-6H,(H,18,20)(H,21,22). The van der Waals surface area contributed by atoms with Gasteiger partial charge in [-0.25, -0.2) is 14.3 Å². The van der Waals surface area contributed by atoms with Crippen LogP contribution < -0.4 is 10.3 Å². The van der Waals surface area contributed by atoms with Crippen molar-refractivity contribution >= 4 is 32.7 Å². The van der Waals surface area contributed by atoms with E-state index in [0.29, 0.717) is 15.2 Å². The number of aromatic nitrogens is 2. The van der Waals surface area contributed by atoms with Crippen LogP contribution in [0.4, 0.5) is 4.39 Å². The van der Waals surface area contributed by atoms with Crippen molar-refractivity contribution in [1.29, 1.82) is 0 Å². The highest BCUT2D eigenvalue weighted by Gasteiger charge is 2.14. The summed E-state index contributed by atoms with van der Waals surface area (Å²) in [4.78, 5) is 22.7. The van der Waals surface area contributed by atoms with Crippen LogP contribution in [0.2, 0.25) is 0 Å². The Morgan fingerprint density at radius 1 is 1.22 bits per heavy atom. The van der Waals surface area contributed by atoms with Gasteiger partial charge in [-0.3, -0.25) is 4.79 Å². The largest absolute Gasteiger partial charge is 0.478 e. The summed E-state index contributed by atoms with van der Waals surface area (Å²) in [6.45, 7) is 0. The number of nitrogens with one attached hydrogen (secondary N) is 1. The quantitative estimate of drug-likeness (QED) is 0.729. The van der Waals surface area contributed by atoms with Crippen LogP contribution >= 0.6 is 15.9 Å². The number of aromatic amines is 1. The third kappa shape index (κ3) is 2.93. The lowest BCUT2D eigenvalue weighted by Gasteiger charge is -2.08. The monoisotopic (exact) mass is 378 g/mol. The number of hydrogen-bond acceptors (Lipinski definition) is 4. The van der Waals surface area contributed by atoms with Gasteiger partial charge >= 0.3 is 5.97 Å². The van der Waals surface area contributed by atoms with Gasteiger partial charge in [-0.05, 0) is 36.4 Å². The van der Waals surface area contributed by atoms with Gasteiger partial charge in [-0.1, -0.05) is 15.9 Å². The Labute approximate surface area is 136 Å². The summed E-state index contributed by atoms with van der Waals surface area (Å²) < 4.78 is 19.6. The Balaban J connectivity index is 2.10. The molecule has 3 rings (SSSR count). The summed E-state index contributed by atoms with van der Waals surface area (Å²) in [6.07, 6.45) is 0. The number of carboxylic acid groups (broad SMARTS) is 1. The number of benzene rings is 2. The van der Waals surface area contributed by atoms with Gasteiger partial charge in [0.15, 0.2) is 0 Å². The molecular weight excluding hydrogens is 371 g/mol. The van der Waals surface area contributed by atoms with Crippen molar-refractivity contribution < 1.29 is 19.0 Å². The Kier molecular flexibility index (Phi) is 3.83. The summed E-state index contributed by atoms with van der Waals surface area (Å²) in [6, 6.07) is 8.26. The molecule has 2 N–H and O–H groups in total. The van der Waals surface area contributed by atoms with Gasteiger partial charge in [0.25, 0.3) is 5.56 Å². The molecule has 0 bridgehead atoms. The van der Waals surface area contributed by atoms with E-state index in [-0.39, 0.29) is 17.2 Å². The number of carbonyl (C=O) groups is 1. The second kappa shape index (κ2) is 5.81. The summed E-state index contributed by atoms with van der Waals surface area (Å²) >= 11 is 3.29. The molecule has 0 saturated heterocycles. The topological polar surface area (TPSA) is 92.3 Å². The van der Waals surface area contributed by atoms with Crippen LogP contribution in [0.3, 0.4) is 0 Å². The van der Waals surface area contributed by atoms with Crippen molar-refractivity contribution in [3.8, 4) is 11.6 Å². The lowest BCUT2D eigenvalue weighted by Crippen LogP contribution is -2.09. The van der Waals surface area contributed by atoms with Gasteiger partial charge in [0, 0.05) is 4.47 Å². The Bertz CT molecular complexity index is 987. The maximum Gasteiger partial charge on any atom is 0.338 e. The zero-order valence-corrected chi connectivity index (χ0v) is 12.9. The highest BCUT2D eigenvalue weighted by atomic mass is 79.9. The number of halogens is 2. The van der Waals surface area contributed by atoms with E-state index in [2.05, 4.69) is 26.1 Å². The van der Waals surface area contributed by atoms with Crippen molar-refractivity contribution in [2.24, 2.45) is 0 Å². The van der Waals surface area contributed by atoms with E-state index in [0.717, 1.165) is 12.1 Å². The molecule has 0 aliphatic rings. The summed E-state index contributed by atoms with van der Waals surface area (Å²) in [7, 11) is 0. The smallest absolute Gasteiger partial charge is 0.338 e. The fourth-order valence-corrected chi connectivity index (χ4v) is 2.40. The Morgan fingerprint density at radius 2 is 2.00 bits per heavy atom. The van der Waals surface area contributed by atoms with Crippen LogP contribution in [0.1, 0.15) is 10.4 Å². The molecule has 0 aliphatic heterocycles. The minimum atomic E-state index is -1.41. The number of H-pyrrole nitrogens is 1. The average molecular weight is 379 g/mol. The number of carboxylic acids is 1. The molecule has 3 aromatic rings. The van der Waals surface area contributed by atoms with Crippen LogP contribution in [-0.2, 0) is 0 Å². The third-order valence-electron chi connectivity index (χ3n) is 3.10. The average Bonchev–Trinajstić information content (AvgIpc) is 2.51. The van der Waals surface area contributed by atoms with Crippen LogP contribution in [0.25, 0.3) is 10.8 Å². The van der Waals surface area contributed by atoms with E-state index in [4.69, 9.17) is 9.84 Å². The number of hydrogen-bond donors (Lipinski definition) is 2. The van der Waals surface area contributed by atoms with E-state index in [1.54, 1.807) is 18.2 Å². The van der Waals surface area contributed by atoms with Gasteiger partial charge in [0.05, 0.1) is 16.3 Å². The van der Waals surface area contributed by atoms with Gasteiger partial charge in [-0.2, -0.15) is 0 Å². The first kappa shape index (κ1) is 15.2. The van der Waals surface area contributed by atoms with E-state index in [1.165, 1.54) is 6.07 Å². The molecule has 0 spiro atoms. The second-order valence-electron chi connectivity index (χ2n) is 4.60. The fraction of sp³-hybridized carbons (Fsp3) is 0. The lowest BCUT2D eigenvalue weighted by molar-refractivity contribution is 0.0691. The zero-order chi connectivity index (χ0) is 16.6. The number of aromatic carboxylic acids is 1. The Hall–Kier alpha value is -2.74. The zero-order valence-electron chi connectivity index (χ0n) is 11.3. The van der Waals surface area contributed by atoms with Crippen molar-refractivity contribution in [2.45, 2.75) is 0 Å². The first-order valence-electron chi connectivity index (χ1n) is 6.34. The number of rotatable bonds is 3. The third-order valence-corrected chi connectivity index (χ3v) is 3.59. The molecule has 2 aromatic carbocycles. The molecule has 1 heterocycles. The maximum atomic E-state index is 13.4. The summed E-state index contributed by atoms with van der Waals surface area (Å²) in [5.74, 6) is -2.12. The summed E-state index contributed by atoms with van der Waals surface area (Å²) in [5, 5.41) is 15.8. The molecule has 0 saturated carbocycles. The SMILES string of the molecule is O=C(O)c1cc(Oc2n[nH]c(=O)c3ccc(Br)cc23)ccc1F. The van der Waals surface area contributed by atoms with E-state index >= 15 is 0 Å². The minimum absolute atomic E-state index is 0.0730. The van der Waals surface area contributed by atoms with Crippen LogP contribution in [-0.4, -0.2) is 21.3 Å². The first-order chi connectivity index (χ1) is 11.0. The molecule has 1 aromatic heterocycles. The number of nitrogens with zero attached hydrogens (tertiary/aromatic N) is 1. The predicted molar refractivity (Wildman–Crippen MR) is 83.5 cm³/mol. The molecular formula is C15H8BrFN2O4. The molecule has 0 fully saturated rings. The van der Waals surface area contributed by atoms with Gasteiger partial charge in [0.2, 0.25) is 5.88 Å². The van der Waals surface area contributed by atoms with Crippen molar-refractivity contribution in [3.63, 3.8) is 0 Å². The van der Waals surface area contributed by atoms with E-state index in [1.807, 2.05) is 0 Å². The normalized spacial score (nSPS) is 10.7. The van der Waals surface area contributed by atoms with Gasteiger partial charge in [-0.15, -0.1) is 5.10 Å². The predicted octanol–water partition coefficient (Wildman–Crippen LogP) is 3.32. The number of fused-ring (bicyclic) bond motifs is 1. The van der Waals surface area contributed by atoms with Crippen LogP contribution in [0, 0.1) is 5.82 Å². The minimum Gasteiger partial charge on any atom is -0.478 e. The molecule has 0 atom stereocenters. The molecule has 0 unspecified atom stereocenters. The molecule has 23 heavy (non-hydrogen) atoms. The Morgan fingerprint density at radius 3 is 2.74 bits per heavy atom. The second-order valence-corrected chi connectivity index (χ2v) is 5.51. The van der Waals surface area contributed by atoms with Crippen molar-refractivity contribution in [2.75, 3.05) is 0 Å². The number of ether oxygens (including phenoxy) is 1. The van der Waals surface area contributed by atoms with E-state index < -0.39 is 17.3 Å².